The lowest BCUT2D eigenvalue weighted by atomic mass is 10.1. The minimum Gasteiger partial charge on any atom is -0.371 e. The molecule has 0 N–H and O–H groups in total. The minimum atomic E-state index is 0.759. The van der Waals surface area contributed by atoms with Crippen LogP contribution in [-0.4, -0.2) is 45.7 Å². The van der Waals surface area contributed by atoms with Gasteiger partial charge in [0.1, 0.15) is 11.4 Å². The molecule has 12 heteroatoms. The van der Waals surface area contributed by atoms with Gasteiger partial charge >= 0.3 is 11.9 Å². The van der Waals surface area contributed by atoms with Crippen LogP contribution in [-0.2, 0) is 26.2 Å². The summed E-state index contributed by atoms with van der Waals surface area (Å²) in [4.78, 5) is 5.00. The number of azo groups is 2. The smallest absolute Gasteiger partial charge is 0.371 e. The van der Waals surface area contributed by atoms with Crippen LogP contribution in [0, 0.1) is 13.8 Å². The van der Waals surface area contributed by atoms with Gasteiger partial charge in [-0.25, -0.2) is 9.13 Å². The van der Waals surface area contributed by atoms with E-state index in [1.54, 1.807) is 0 Å². The summed E-state index contributed by atoms with van der Waals surface area (Å²) in [6, 6.07) is 13.0. The van der Waals surface area contributed by atoms with E-state index in [0.717, 1.165) is 99.6 Å². The topological polar surface area (TPSA) is 99.3 Å². The van der Waals surface area contributed by atoms with E-state index in [9.17, 15) is 0 Å². The van der Waals surface area contributed by atoms with Crippen molar-refractivity contribution in [2.24, 2.45) is 20.5 Å². The van der Waals surface area contributed by atoms with Crippen molar-refractivity contribution in [2.45, 2.75) is 80.6 Å². The second-order valence-corrected chi connectivity index (χ2v) is 11.1. The fourth-order valence-corrected chi connectivity index (χ4v) is 5.60. The molecular formula is C32H46N12+2. The monoisotopic (exact) mass is 598 g/mol. The van der Waals surface area contributed by atoms with Crippen LogP contribution in [0.2, 0.25) is 0 Å². The van der Waals surface area contributed by atoms with Crippen molar-refractivity contribution in [3.8, 4) is 0 Å². The summed E-state index contributed by atoms with van der Waals surface area (Å²) in [6.45, 7) is 19.7. The van der Waals surface area contributed by atoms with Gasteiger partial charge in [0, 0.05) is 47.8 Å². The second-order valence-electron chi connectivity index (χ2n) is 11.1. The molecule has 3 heterocycles. The van der Waals surface area contributed by atoms with Crippen molar-refractivity contribution in [3.05, 3.63) is 60.2 Å². The van der Waals surface area contributed by atoms with E-state index < -0.39 is 0 Å². The fourth-order valence-electron chi connectivity index (χ4n) is 5.60. The molecule has 0 amide bonds. The molecule has 2 aromatic heterocycles. The van der Waals surface area contributed by atoms with Gasteiger partial charge in [0.2, 0.25) is 12.7 Å². The van der Waals surface area contributed by atoms with Crippen molar-refractivity contribution in [2.75, 3.05) is 36.0 Å². The van der Waals surface area contributed by atoms with Crippen LogP contribution < -0.4 is 18.9 Å². The number of benzene rings is 2. The molecule has 0 saturated carbocycles. The molecule has 0 unspecified atom stereocenters. The van der Waals surface area contributed by atoms with Gasteiger partial charge in [-0.2, -0.15) is 0 Å². The number of anilines is 2. The van der Waals surface area contributed by atoms with Crippen LogP contribution in [0.4, 0.5) is 34.6 Å². The van der Waals surface area contributed by atoms with Gasteiger partial charge in [-0.05, 0) is 112 Å². The largest absolute Gasteiger partial charge is 0.403 e. The maximum absolute atomic E-state index is 4.58. The highest BCUT2D eigenvalue weighted by molar-refractivity contribution is 5.59. The Kier molecular flexibility index (Phi) is 10.1. The van der Waals surface area contributed by atoms with E-state index in [1.807, 2.05) is 31.2 Å². The quantitative estimate of drug-likeness (QED) is 0.158. The first-order valence-electron chi connectivity index (χ1n) is 15.9. The molecule has 0 radical (unpaired) electrons. The summed E-state index contributed by atoms with van der Waals surface area (Å²) in [5.74, 6) is 1.54. The normalized spacial score (nSPS) is 14.6. The second kappa shape index (κ2) is 14.3. The van der Waals surface area contributed by atoms with Crippen LogP contribution in [0.25, 0.3) is 0 Å². The summed E-state index contributed by atoms with van der Waals surface area (Å²) in [5, 5.41) is 27.1. The number of aromatic nitrogens is 6. The third-order valence-electron chi connectivity index (χ3n) is 8.21. The molecule has 4 aromatic rings. The Bertz CT molecular complexity index is 1440. The summed E-state index contributed by atoms with van der Waals surface area (Å²) < 4.78 is 7.75. The number of aryl methyl sites for hydroxylation is 6. The lowest BCUT2D eigenvalue weighted by Gasteiger charge is -2.33. The maximum Gasteiger partial charge on any atom is 0.403 e. The van der Waals surface area contributed by atoms with Crippen LogP contribution in [0.3, 0.4) is 0 Å². The number of nitrogens with zero attached hydrogens (tertiary/aromatic N) is 12. The number of hydrogen-bond donors (Lipinski definition) is 0. The highest BCUT2D eigenvalue weighted by Crippen LogP contribution is 2.29. The molecule has 1 aliphatic heterocycles. The zero-order valence-electron chi connectivity index (χ0n) is 27.1. The van der Waals surface area contributed by atoms with Crippen molar-refractivity contribution >= 4 is 34.6 Å². The van der Waals surface area contributed by atoms with Gasteiger partial charge in [-0.15, -0.1) is 9.36 Å². The van der Waals surface area contributed by atoms with E-state index in [0.29, 0.717) is 0 Å². The first-order valence-corrected chi connectivity index (χ1v) is 15.9. The van der Waals surface area contributed by atoms with Crippen LogP contribution >= 0.6 is 0 Å². The highest BCUT2D eigenvalue weighted by Gasteiger charge is 2.19. The van der Waals surface area contributed by atoms with Gasteiger partial charge < -0.3 is 9.80 Å². The predicted octanol–water partition coefficient (Wildman–Crippen LogP) is 6.29. The molecule has 1 aliphatic rings. The average Bonchev–Trinajstić information content (AvgIpc) is 3.62. The molecule has 0 bridgehead atoms. The molecule has 0 aliphatic carbocycles. The van der Waals surface area contributed by atoms with Crippen molar-refractivity contribution in [1.82, 2.24) is 19.6 Å². The van der Waals surface area contributed by atoms with Crippen LogP contribution in [0.15, 0.2) is 69.5 Å². The van der Waals surface area contributed by atoms with Gasteiger partial charge in [0.25, 0.3) is 0 Å². The Morgan fingerprint density at radius 1 is 0.614 bits per heavy atom. The van der Waals surface area contributed by atoms with E-state index in [4.69, 9.17) is 0 Å². The lowest BCUT2D eigenvalue weighted by molar-refractivity contribution is -0.681. The molecule has 2 aromatic carbocycles. The summed E-state index contributed by atoms with van der Waals surface area (Å²) >= 11 is 0. The minimum absolute atomic E-state index is 0.759. The van der Waals surface area contributed by atoms with Crippen LogP contribution in [0.1, 0.15) is 51.7 Å². The predicted molar refractivity (Wildman–Crippen MR) is 172 cm³/mol. The first-order chi connectivity index (χ1) is 21.4. The third kappa shape index (κ3) is 6.84. The summed E-state index contributed by atoms with van der Waals surface area (Å²) in [5.41, 5.74) is 6.51. The van der Waals surface area contributed by atoms with Crippen molar-refractivity contribution in [3.63, 3.8) is 0 Å². The number of hydrogen-bond acceptors (Lipinski definition) is 8. The van der Waals surface area contributed by atoms with E-state index in [-0.39, 0.29) is 0 Å². The highest BCUT2D eigenvalue weighted by atomic mass is 15.4. The molecule has 232 valence electrons. The molecule has 0 spiro atoms. The van der Waals surface area contributed by atoms with Gasteiger partial charge in [-0.3, -0.25) is 0 Å². The molecule has 12 nitrogen and oxygen atoms in total. The molecule has 1 saturated heterocycles. The van der Waals surface area contributed by atoms with E-state index >= 15 is 0 Å². The Morgan fingerprint density at radius 3 is 1.36 bits per heavy atom. The molecule has 1 fully saturated rings. The van der Waals surface area contributed by atoms with Crippen molar-refractivity contribution < 1.29 is 9.13 Å². The van der Waals surface area contributed by atoms with Crippen molar-refractivity contribution in [1.29, 1.82) is 0 Å². The fraction of sp³-hybridized carbons (Fsp3) is 0.500. The first kappa shape index (κ1) is 31.0. The molecule has 44 heavy (non-hydrogen) atoms. The Labute approximate surface area is 260 Å². The summed E-state index contributed by atoms with van der Waals surface area (Å²) in [6.07, 6.45) is 5.78. The Morgan fingerprint density at radius 2 is 1.02 bits per heavy atom. The Balaban J connectivity index is 1.21. The van der Waals surface area contributed by atoms with Gasteiger partial charge in [0.05, 0.1) is 26.2 Å². The third-order valence-corrected chi connectivity index (χ3v) is 8.21. The molecule has 0 atom stereocenters. The zero-order chi connectivity index (χ0) is 31.1. The lowest BCUT2D eigenvalue weighted by Crippen LogP contribution is -2.36. The van der Waals surface area contributed by atoms with Crippen LogP contribution in [0.5, 0.6) is 0 Å². The molecular weight excluding hydrogens is 552 g/mol. The zero-order valence-corrected chi connectivity index (χ0v) is 27.1. The van der Waals surface area contributed by atoms with E-state index in [2.05, 4.69) is 118 Å². The molecule has 5 rings (SSSR count). The average molecular weight is 599 g/mol. The Hall–Kier alpha value is -4.48. The standard InChI is InChI=1S/C32H46N12/c1-7-39-23-33-43(9-3)31(39)37-35-29-15-13-27(21-25(29)5)41-17-11-19-42(20-12-18-41)28-14-16-30(26(6)22-28)36-38-32-40(8-2)24-34-44(32)10-4/h13-16,21-24H,7-12,17-20H2,1-6H3/q+2. The SMILES string of the molecule is CCn1nc[n+](CC)c1N=Nc1ccc(N2CCCN(c3ccc(N=Nc4n(CC)nc[n+]4CC)c(C)c3)CCC2)cc1C. The number of rotatable bonds is 10. The van der Waals surface area contributed by atoms with E-state index in [1.165, 1.54) is 11.4 Å². The maximum atomic E-state index is 4.58. The van der Waals surface area contributed by atoms with Gasteiger partial charge in [-0.1, -0.05) is 10.2 Å². The summed E-state index contributed by atoms with van der Waals surface area (Å²) in [7, 11) is 0. The van der Waals surface area contributed by atoms with Gasteiger partial charge in [0.15, 0.2) is 0 Å².